The van der Waals surface area contributed by atoms with Crippen LogP contribution in [-0.4, -0.2) is 38.2 Å². The second-order valence-corrected chi connectivity index (χ2v) is 9.45. The molecule has 0 atom stereocenters. The lowest BCUT2D eigenvalue weighted by molar-refractivity contribution is -0.131. The number of aryl methyl sites for hydroxylation is 2. The van der Waals surface area contributed by atoms with E-state index in [1.165, 1.54) is 28.6 Å². The molecular formula is C19H27N3O2S2. The molecule has 7 heteroatoms. The zero-order chi connectivity index (χ0) is 19.0. The number of hydrogen-bond donors (Lipinski definition) is 0. The zero-order valence-electron chi connectivity index (χ0n) is 16.2. The van der Waals surface area contributed by atoms with Gasteiger partial charge in [-0.25, -0.2) is 4.98 Å². The SMILES string of the molecule is CC(C)N(C(=O)CSc1nc2sc3c(c2c(=O)n1C)CCCC3)C(C)C. The van der Waals surface area contributed by atoms with Gasteiger partial charge in [0.2, 0.25) is 5.91 Å². The molecular weight excluding hydrogens is 366 g/mol. The van der Waals surface area contributed by atoms with Crippen molar-refractivity contribution < 1.29 is 4.79 Å². The summed E-state index contributed by atoms with van der Waals surface area (Å²) in [4.78, 5) is 34.3. The lowest BCUT2D eigenvalue weighted by atomic mass is 9.97. The first kappa shape index (κ1) is 19.4. The summed E-state index contributed by atoms with van der Waals surface area (Å²) in [6.45, 7) is 8.11. The van der Waals surface area contributed by atoms with Gasteiger partial charge in [-0.3, -0.25) is 14.2 Å². The lowest BCUT2D eigenvalue weighted by Crippen LogP contribution is -2.43. The van der Waals surface area contributed by atoms with E-state index in [-0.39, 0.29) is 23.6 Å². The quantitative estimate of drug-likeness (QED) is 0.575. The maximum atomic E-state index is 12.9. The molecule has 0 unspecified atom stereocenters. The molecule has 0 spiro atoms. The molecule has 5 nitrogen and oxygen atoms in total. The van der Waals surface area contributed by atoms with Crippen molar-refractivity contribution >= 4 is 39.2 Å². The summed E-state index contributed by atoms with van der Waals surface area (Å²) in [6.07, 6.45) is 4.37. The van der Waals surface area contributed by atoms with Crippen LogP contribution in [0.15, 0.2) is 9.95 Å². The summed E-state index contributed by atoms with van der Waals surface area (Å²) in [5, 5.41) is 1.43. The van der Waals surface area contributed by atoms with E-state index in [9.17, 15) is 9.59 Å². The monoisotopic (exact) mass is 393 g/mol. The number of hydrogen-bond acceptors (Lipinski definition) is 5. The Hall–Kier alpha value is -1.34. The summed E-state index contributed by atoms with van der Waals surface area (Å²) >= 11 is 3.01. The van der Waals surface area contributed by atoms with Crippen LogP contribution in [0.5, 0.6) is 0 Å². The van der Waals surface area contributed by atoms with E-state index in [0.717, 1.165) is 29.5 Å². The van der Waals surface area contributed by atoms with Crippen molar-refractivity contribution in [2.45, 2.75) is 70.6 Å². The molecule has 0 fully saturated rings. The molecule has 2 aromatic heterocycles. The standard InChI is InChI=1S/C19H27N3O2S2/c1-11(2)22(12(3)4)15(23)10-25-19-20-17-16(18(24)21(19)5)13-8-6-7-9-14(13)26-17/h11-12H,6-10H2,1-5H3. The maximum Gasteiger partial charge on any atom is 0.262 e. The van der Waals surface area contributed by atoms with Crippen molar-refractivity contribution in [2.75, 3.05) is 5.75 Å². The number of fused-ring (bicyclic) bond motifs is 3. The van der Waals surface area contributed by atoms with Gasteiger partial charge >= 0.3 is 0 Å². The van der Waals surface area contributed by atoms with Crippen LogP contribution in [0, 0.1) is 0 Å². The predicted molar refractivity (Wildman–Crippen MR) is 109 cm³/mol. The van der Waals surface area contributed by atoms with Crippen LogP contribution < -0.4 is 5.56 Å². The third-order valence-electron chi connectivity index (χ3n) is 4.88. The normalized spacial score (nSPS) is 14.3. The maximum absolute atomic E-state index is 12.9. The molecule has 3 rings (SSSR count). The van der Waals surface area contributed by atoms with Crippen LogP contribution in [0.4, 0.5) is 0 Å². The van der Waals surface area contributed by atoms with E-state index in [4.69, 9.17) is 4.98 Å². The number of thioether (sulfide) groups is 1. The minimum Gasteiger partial charge on any atom is -0.337 e. The first-order valence-corrected chi connectivity index (χ1v) is 11.1. The average Bonchev–Trinajstić information content (AvgIpc) is 2.94. The van der Waals surface area contributed by atoms with Gasteiger partial charge in [-0.2, -0.15) is 0 Å². The van der Waals surface area contributed by atoms with Gasteiger partial charge < -0.3 is 4.90 Å². The predicted octanol–water partition coefficient (Wildman–Crippen LogP) is 3.61. The smallest absolute Gasteiger partial charge is 0.262 e. The topological polar surface area (TPSA) is 55.2 Å². The van der Waals surface area contributed by atoms with Gasteiger partial charge in [0.1, 0.15) is 4.83 Å². The van der Waals surface area contributed by atoms with Gasteiger partial charge in [0.15, 0.2) is 5.16 Å². The molecule has 26 heavy (non-hydrogen) atoms. The van der Waals surface area contributed by atoms with Gasteiger partial charge in [0.05, 0.1) is 11.1 Å². The summed E-state index contributed by atoms with van der Waals surface area (Å²) in [5.74, 6) is 0.382. The van der Waals surface area contributed by atoms with E-state index in [1.54, 1.807) is 23.0 Å². The average molecular weight is 394 g/mol. The first-order chi connectivity index (χ1) is 12.3. The third kappa shape index (κ3) is 3.56. The fourth-order valence-electron chi connectivity index (χ4n) is 3.77. The van der Waals surface area contributed by atoms with Crippen LogP contribution in [-0.2, 0) is 24.7 Å². The number of aromatic nitrogens is 2. The van der Waals surface area contributed by atoms with Crippen molar-refractivity contribution in [1.82, 2.24) is 14.5 Å². The molecule has 0 aliphatic heterocycles. The number of rotatable bonds is 5. The van der Waals surface area contributed by atoms with Gasteiger partial charge in [-0.15, -0.1) is 11.3 Å². The van der Waals surface area contributed by atoms with Gasteiger partial charge in [-0.1, -0.05) is 11.8 Å². The Balaban J connectivity index is 1.88. The summed E-state index contributed by atoms with van der Waals surface area (Å²) in [5.41, 5.74) is 1.23. The highest BCUT2D eigenvalue weighted by Gasteiger charge is 2.23. The minimum absolute atomic E-state index is 0.0222. The van der Waals surface area contributed by atoms with Crippen molar-refractivity contribution in [2.24, 2.45) is 7.05 Å². The third-order valence-corrected chi connectivity index (χ3v) is 7.08. The number of nitrogens with zero attached hydrogens (tertiary/aromatic N) is 3. The fourth-order valence-corrected chi connectivity index (χ4v) is 5.91. The molecule has 1 amide bonds. The van der Waals surface area contributed by atoms with E-state index in [2.05, 4.69) is 0 Å². The highest BCUT2D eigenvalue weighted by molar-refractivity contribution is 7.99. The van der Waals surface area contributed by atoms with E-state index < -0.39 is 0 Å². The highest BCUT2D eigenvalue weighted by atomic mass is 32.2. The summed E-state index contributed by atoms with van der Waals surface area (Å²) in [6, 6.07) is 0.317. The number of amides is 1. The molecule has 0 saturated heterocycles. The summed E-state index contributed by atoms with van der Waals surface area (Å²) in [7, 11) is 1.76. The van der Waals surface area contributed by atoms with Crippen molar-refractivity contribution in [3.05, 3.63) is 20.8 Å². The Morgan fingerprint density at radius 1 is 1.23 bits per heavy atom. The minimum atomic E-state index is 0.0222. The molecule has 0 bridgehead atoms. The van der Waals surface area contributed by atoms with E-state index in [0.29, 0.717) is 10.9 Å². The Bertz CT molecular complexity index is 875. The van der Waals surface area contributed by atoms with Crippen LogP contribution in [0.2, 0.25) is 0 Å². The second kappa shape index (κ2) is 7.72. The molecule has 2 heterocycles. The highest BCUT2D eigenvalue weighted by Crippen LogP contribution is 2.34. The number of carbonyl (C=O) groups is 1. The van der Waals surface area contributed by atoms with Crippen LogP contribution in [0.1, 0.15) is 51.0 Å². The summed E-state index contributed by atoms with van der Waals surface area (Å²) < 4.78 is 1.61. The number of carbonyl (C=O) groups excluding carboxylic acids is 1. The Morgan fingerprint density at radius 2 is 1.88 bits per heavy atom. The fraction of sp³-hybridized carbons (Fsp3) is 0.632. The van der Waals surface area contributed by atoms with Crippen LogP contribution in [0.25, 0.3) is 10.2 Å². The largest absolute Gasteiger partial charge is 0.337 e. The van der Waals surface area contributed by atoms with Gasteiger partial charge in [-0.05, 0) is 58.9 Å². The van der Waals surface area contributed by atoms with Crippen molar-refractivity contribution in [3.8, 4) is 0 Å². The molecule has 1 aliphatic rings. The van der Waals surface area contributed by atoms with Gasteiger partial charge in [0.25, 0.3) is 5.56 Å². The van der Waals surface area contributed by atoms with Gasteiger partial charge in [0, 0.05) is 24.0 Å². The zero-order valence-corrected chi connectivity index (χ0v) is 17.8. The van der Waals surface area contributed by atoms with Crippen LogP contribution in [0.3, 0.4) is 0 Å². The Labute approximate surface area is 162 Å². The molecule has 1 aliphatic carbocycles. The van der Waals surface area contributed by atoms with E-state index in [1.807, 2.05) is 32.6 Å². The molecule has 142 valence electrons. The second-order valence-electron chi connectivity index (χ2n) is 7.43. The van der Waals surface area contributed by atoms with Crippen LogP contribution >= 0.6 is 23.1 Å². The van der Waals surface area contributed by atoms with E-state index >= 15 is 0 Å². The number of thiophene rings is 1. The molecule has 0 N–H and O–H groups in total. The van der Waals surface area contributed by atoms with Crippen molar-refractivity contribution in [3.63, 3.8) is 0 Å². The molecule has 0 radical (unpaired) electrons. The first-order valence-electron chi connectivity index (χ1n) is 9.26. The lowest BCUT2D eigenvalue weighted by Gasteiger charge is -2.30. The Morgan fingerprint density at radius 3 is 2.54 bits per heavy atom. The molecule has 0 saturated carbocycles. The molecule has 2 aromatic rings. The van der Waals surface area contributed by atoms with Crippen molar-refractivity contribution in [1.29, 1.82) is 0 Å². The Kier molecular flexibility index (Phi) is 5.77. The molecule has 0 aromatic carbocycles.